The number of hydrogen-bond acceptors (Lipinski definition) is 8. The van der Waals surface area contributed by atoms with E-state index in [1.165, 1.54) is 13.3 Å². The van der Waals surface area contributed by atoms with Gasteiger partial charge in [-0.2, -0.15) is 0 Å². The number of methoxy groups -OCH3 is 1. The molecule has 1 aliphatic heterocycles. The Morgan fingerprint density at radius 2 is 1.59 bits per heavy atom. The molecule has 0 spiro atoms. The zero-order valence-corrected chi connectivity index (χ0v) is 33.7. The van der Waals surface area contributed by atoms with Gasteiger partial charge in [-0.15, -0.1) is 0 Å². The number of nitrogens with one attached hydrogen (secondary N) is 3. The molecule has 54 heavy (non-hydrogen) atoms. The smallest absolute Gasteiger partial charge is 0.252 e. The molecule has 5 atom stereocenters. The monoisotopic (exact) mass is 759 g/mol. The van der Waals surface area contributed by atoms with Gasteiger partial charge < -0.3 is 40.2 Å². The van der Waals surface area contributed by atoms with Crippen LogP contribution in [0.25, 0.3) is 0 Å². The number of amides is 4. The minimum absolute atomic E-state index is 0.0227. The molecule has 0 bridgehead atoms. The number of ether oxygens (including phenoxy) is 3. The minimum atomic E-state index is -0.955. The summed E-state index contributed by atoms with van der Waals surface area (Å²) in [4.78, 5) is 54.8. The third-order valence-electron chi connectivity index (χ3n) is 10.9. The summed E-state index contributed by atoms with van der Waals surface area (Å²) < 4.78 is 17.4. The molecule has 12 nitrogen and oxygen atoms in total. The van der Waals surface area contributed by atoms with Crippen molar-refractivity contribution in [3.63, 3.8) is 0 Å². The van der Waals surface area contributed by atoms with Crippen molar-refractivity contribution in [3.8, 4) is 0 Å². The molecule has 2 fully saturated rings. The lowest BCUT2D eigenvalue weighted by Gasteiger charge is -2.36. The van der Waals surface area contributed by atoms with E-state index in [1.54, 1.807) is 7.11 Å². The number of piperidine rings is 1. The number of hydrogen-bond donors (Lipinski definition) is 4. The number of aliphatic hydroxyl groups is 1. The first-order valence-electron chi connectivity index (χ1n) is 20.6. The van der Waals surface area contributed by atoms with Gasteiger partial charge in [0.1, 0.15) is 19.0 Å². The highest BCUT2D eigenvalue weighted by atomic mass is 16.7. The van der Waals surface area contributed by atoms with Crippen LogP contribution in [0.1, 0.15) is 117 Å². The summed E-state index contributed by atoms with van der Waals surface area (Å²) in [6.07, 6.45) is 8.00. The molecule has 2 aliphatic rings. The number of rotatable bonds is 24. The van der Waals surface area contributed by atoms with Gasteiger partial charge in [-0.25, -0.2) is 0 Å². The summed E-state index contributed by atoms with van der Waals surface area (Å²) in [5.41, 5.74) is 0.947. The first kappa shape index (κ1) is 45.3. The van der Waals surface area contributed by atoms with Crippen molar-refractivity contribution >= 4 is 23.6 Å². The normalized spacial score (nSPS) is 18.4. The first-order valence-corrected chi connectivity index (χ1v) is 20.6. The van der Waals surface area contributed by atoms with Crippen molar-refractivity contribution in [2.75, 3.05) is 40.1 Å². The van der Waals surface area contributed by atoms with E-state index >= 15 is 0 Å². The minimum Gasteiger partial charge on any atom is -0.391 e. The van der Waals surface area contributed by atoms with Crippen molar-refractivity contribution in [2.45, 2.75) is 148 Å². The van der Waals surface area contributed by atoms with E-state index in [2.05, 4.69) is 22.9 Å². The summed E-state index contributed by atoms with van der Waals surface area (Å²) >= 11 is 0. The van der Waals surface area contributed by atoms with Crippen molar-refractivity contribution in [2.24, 2.45) is 17.8 Å². The van der Waals surface area contributed by atoms with E-state index in [1.807, 2.05) is 49.1 Å². The molecule has 0 aromatic heterocycles. The van der Waals surface area contributed by atoms with E-state index in [4.69, 9.17) is 14.2 Å². The van der Waals surface area contributed by atoms with Gasteiger partial charge in [0, 0.05) is 52.6 Å². The average molecular weight is 759 g/mol. The van der Waals surface area contributed by atoms with Crippen molar-refractivity contribution in [3.05, 3.63) is 35.9 Å². The molecule has 0 unspecified atom stereocenters. The largest absolute Gasteiger partial charge is 0.391 e. The summed E-state index contributed by atoms with van der Waals surface area (Å²) in [6.45, 7) is 9.63. The van der Waals surface area contributed by atoms with E-state index in [0.717, 1.165) is 44.1 Å². The Balaban J connectivity index is 1.78. The predicted octanol–water partition coefficient (Wildman–Crippen LogP) is 4.91. The molecule has 1 saturated carbocycles. The van der Waals surface area contributed by atoms with Crippen LogP contribution in [0, 0.1) is 17.8 Å². The van der Waals surface area contributed by atoms with Gasteiger partial charge in [-0.3, -0.25) is 19.2 Å². The van der Waals surface area contributed by atoms with Crippen LogP contribution in [-0.2, 0) is 39.8 Å². The summed E-state index contributed by atoms with van der Waals surface area (Å²) in [7, 11) is 1.59. The SMILES string of the molecule is CCCC[C@H](O[C@@H](Cc1ccccc1)C(=O)N1CCC(OCOC)CC1)C(=O)N[C@@H](CC1CCCCC1)[C@@H](O)C[C@H](C(=O)NCCCNC(C)=O)C(C)C. The molecule has 1 aromatic rings. The van der Waals surface area contributed by atoms with Gasteiger partial charge in [0.2, 0.25) is 17.7 Å². The molecular formula is C42H70N4O8. The lowest BCUT2D eigenvalue weighted by atomic mass is 9.81. The number of carbonyl (C=O) groups excluding carboxylic acids is 4. The summed E-state index contributed by atoms with van der Waals surface area (Å²) in [5, 5.41) is 20.8. The maximum absolute atomic E-state index is 14.3. The molecule has 3 rings (SSSR count). The molecule has 0 radical (unpaired) electrons. The van der Waals surface area contributed by atoms with Crippen molar-refractivity contribution in [1.29, 1.82) is 0 Å². The van der Waals surface area contributed by atoms with Crippen molar-refractivity contribution in [1.82, 2.24) is 20.9 Å². The molecule has 1 saturated heterocycles. The Morgan fingerprint density at radius 3 is 2.22 bits per heavy atom. The van der Waals surface area contributed by atoms with Crippen LogP contribution in [-0.4, -0.2) is 104 Å². The van der Waals surface area contributed by atoms with E-state index in [-0.39, 0.29) is 48.9 Å². The molecule has 306 valence electrons. The van der Waals surface area contributed by atoms with Gasteiger partial charge in [0.15, 0.2) is 0 Å². The fourth-order valence-electron chi connectivity index (χ4n) is 7.65. The molecule has 12 heteroatoms. The number of nitrogens with zero attached hydrogens (tertiary/aromatic N) is 1. The Bertz CT molecular complexity index is 1240. The highest BCUT2D eigenvalue weighted by molar-refractivity contribution is 5.84. The quantitative estimate of drug-likeness (QED) is 0.0858. The second kappa shape index (κ2) is 25.2. The second-order valence-electron chi connectivity index (χ2n) is 15.7. The van der Waals surface area contributed by atoms with Crippen LogP contribution >= 0.6 is 0 Å². The lowest BCUT2D eigenvalue weighted by Crippen LogP contribution is -2.52. The molecule has 4 N–H and O–H groups in total. The third kappa shape index (κ3) is 16.4. The average Bonchev–Trinajstić information content (AvgIpc) is 3.17. The van der Waals surface area contributed by atoms with Crippen LogP contribution < -0.4 is 16.0 Å². The van der Waals surface area contributed by atoms with Crippen LogP contribution in [0.3, 0.4) is 0 Å². The van der Waals surface area contributed by atoms with E-state index in [0.29, 0.717) is 70.6 Å². The zero-order chi connectivity index (χ0) is 39.3. The zero-order valence-electron chi connectivity index (χ0n) is 33.7. The number of unbranched alkanes of at least 4 members (excludes halogenated alkanes) is 1. The molecule has 1 aliphatic carbocycles. The standard InChI is InChI=1S/C42H70N4O8/c1-6-7-19-38(54-39(27-33-17-12-9-13-18-33)42(51)46-24-20-34(21-25-46)53-29-52-5)41(50)45-36(26-32-15-10-8-11-16-32)37(48)28-35(30(2)3)40(49)44-23-14-22-43-31(4)47/h9,12-13,17-18,30,32,34-39,48H,6-8,10-11,14-16,19-29H2,1-5H3,(H,43,47)(H,44,49)(H,45,50)/t35-,36-,37-,38-,39-/m0/s1. The van der Waals surface area contributed by atoms with Gasteiger partial charge in [-0.1, -0.05) is 96.0 Å². The third-order valence-corrected chi connectivity index (χ3v) is 10.9. The molecule has 1 aromatic carbocycles. The predicted molar refractivity (Wildman–Crippen MR) is 209 cm³/mol. The van der Waals surface area contributed by atoms with Crippen LogP contribution in [0.4, 0.5) is 0 Å². The highest BCUT2D eigenvalue weighted by Gasteiger charge is 2.36. The van der Waals surface area contributed by atoms with Gasteiger partial charge in [-0.05, 0) is 55.9 Å². The number of benzene rings is 1. The molecule has 1 heterocycles. The van der Waals surface area contributed by atoms with E-state index in [9.17, 15) is 24.3 Å². The van der Waals surface area contributed by atoms with Crippen molar-refractivity contribution < 1.29 is 38.5 Å². The Morgan fingerprint density at radius 1 is 0.907 bits per heavy atom. The fraction of sp³-hybridized carbons (Fsp3) is 0.762. The number of likely N-dealkylation sites (tertiary alicyclic amines) is 1. The molecular weight excluding hydrogens is 688 g/mol. The van der Waals surface area contributed by atoms with E-state index < -0.39 is 30.3 Å². The Labute approximate surface area is 324 Å². The summed E-state index contributed by atoms with van der Waals surface area (Å²) in [5.74, 6) is -0.865. The fourth-order valence-corrected chi connectivity index (χ4v) is 7.65. The number of carbonyl (C=O) groups is 4. The van der Waals surface area contributed by atoms with Gasteiger partial charge in [0.25, 0.3) is 5.91 Å². The van der Waals surface area contributed by atoms with Crippen LogP contribution in [0.5, 0.6) is 0 Å². The maximum atomic E-state index is 14.3. The Kier molecular flexibility index (Phi) is 21.1. The lowest BCUT2D eigenvalue weighted by molar-refractivity contribution is -0.157. The number of aliphatic hydroxyl groups excluding tert-OH is 1. The van der Waals surface area contributed by atoms with Gasteiger partial charge >= 0.3 is 0 Å². The first-order chi connectivity index (χ1) is 26.0. The summed E-state index contributed by atoms with van der Waals surface area (Å²) in [6, 6.07) is 9.17. The van der Waals surface area contributed by atoms with Gasteiger partial charge in [0.05, 0.1) is 18.2 Å². The van der Waals surface area contributed by atoms with Crippen LogP contribution in [0.2, 0.25) is 0 Å². The maximum Gasteiger partial charge on any atom is 0.252 e. The van der Waals surface area contributed by atoms with Crippen LogP contribution in [0.15, 0.2) is 30.3 Å². The molecule has 4 amide bonds. The highest BCUT2D eigenvalue weighted by Crippen LogP contribution is 2.30. The topological polar surface area (TPSA) is 156 Å². The Hall–Kier alpha value is -3.06. The second-order valence-corrected chi connectivity index (χ2v) is 15.7.